The molecule has 81 valence electrons. The van der Waals surface area contributed by atoms with E-state index in [2.05, 4.69) is 0 Å². The first-order valence-corrected chi connectivity index (χ1v) is 4.55. The van der Waals surface area contributed by atoms with Gasteiger partial charge in [0, 0.05) is 0 Å². The maximum Gasteiger partial charge on any atom is 0.217 e. The van der Waals surface area contributed by atoms with Crippen LogP contribution in [0.25, 0.3) is 0 Å². The highest BCUT2D eigenvalue weighted by Crippen LogP contribution is 2.27. The van der Waals surface area contributed by atoms with Crippen molar-refractivity contribution in [2.24, 2.45) is 5.73 Å². The van der Waals surface area contributed by atoms with E-state index in [-0.39, 0.29) is 0 Å². The van der Waals surface area contributed by atoms with Gasteiger partial charge in [0.05, 0.1) is 20.3 Å². The summed E-state index contributed by atoms with van der Waals surface area (Å²) in [5.74, 6) is 1.29. The van der Waals surface area contributed by atoms with Gasteiger partial charge < -0.3 is 15.2 Å². The highest BCUT2D eigenvalue weighted by molar-refractivity contribution is 5.59. The van der Waals surface area contributed by atoms with E-state index in [0.717, 1.165) is 5.56 Å². The van der Waals surface area contributed by atoms with Crippen LogP contribution >= 0.6 is 0 Å². The van der Waals surface area contributed by atoms with Gasteiger partial charge in [-0.05, 0) is 24.1 Å². The topological polar surface area (TPSA) is 61.5 Å². The number of rotatable bonds is 5. The summed E-state index contributed by atoms with van der Waals surface area (Å²) in [6.45, 7) is 0. The largest absolute Gasteiger partial charge is 0.493 e. The van der Waals surface area contributed by atoms with Gasteiger partial charge in [0.2, 0.25) is 6.29 Å². The molecule has 0 unspecified atom stereocenters. The van der Waals surface area contributed by atoms with E-state index in [0.29, 0.717) is 17.9 Å². The van der Waals surface area contributed by atoms with Crippen molar-refractivity contribution in [3.63, 3.8) is 0 Å². The average molecular weight is 208 g/mol. The van der Waals surface area contributed by atoms with E-state index in [4.69, 9.17) is 15.2 Å². The molecule has 0 heterocycles. The van der Waals surface area contributed by atoms with Crippen LogP contribution in [0.3, 0.4) is 0 Å². The van der Waals surface area contributed by atoms with Crippen molar-refractivity contribution in [1.82, 2.24) is 0 Å². The van der Waals surface area contributed by atoms with Crippen molar-refractivity contribution < 1.29 is 14.3 Å². The molecule has 15 heavy (non-hydrogen) atoms. The van der Waals surface area contributed by atoms with Gasteiger partial charge in [0.25, 0.3) is 0 Å². The first kappa shape index (κ1) is 11.5. The second-order valence-electron chi connectivity index (χ2n) is 3.12. The Labute approximate surface area is 89.0 Å². The third-order valence-corrected chi connectivity index (χ3v) is 2.05. The van der Waals surface area contributed by atoms with E-state index in [9.17, 15) is 4.79 Å². The highest BCUT2D eigenvalue weighted by atomic mass is 16.5. The number of benzene rings is 1. The fourth-order valence-corrected chi connectivity index (χ4v) is 1.30. The number of nitrogens with two attached hydrogens (primary N) is 1. The molecule has 0 saturated carbocycles. The molecule has 4 nitrogen and oxygen atoms in total. The molecular formula is C11H14NO3. The van der Waals surface area contributed by atoms with Gasteiger partial charge in [-0.2, -0.15) is 0 Å². The minimum atomic E-state index is -0.594. The molecular weight excluding hydrogens is 194 g/mol. The van der Waals surface area contributed by atoms with Gasteiger partial charge in [-0.1, -0.05) is 6.07 Å². The minimum Gasteiger partial charge on any atom is -0.493 e. The van der Waals surface area contributed by atoms with Crippen LogP contribution in [0.15, 0.2) is 18.2 Å². The van der Waals surface area contributed by atoms with Gasteiger partial charge in [0.1, 0.15) is 0 Å². The molecule has 1 atom stereocenters. The lowest BCUT2D eigenvalue weighted by Gasteiger charge is -2.10. The zero-order valence-electron chi connectivity index (χ0n) is 8.82. The Morgan fingerprint density at radius 2 is 2.00 bits per heavy atom. The SMILES string of the molecule is COc1ccc(C[C@@H](N)[C]=O)cc1OC. The molecule has 0 aliphatic rings. The lowest BCUT2D eigenvalue weighted by Crippen LogP contribution is -2.23. The summed E-state index contributed by atoms with van der Waals surface area (Å²) in [6, 6.07) is 4.84. The highest BCUT2D eigenvalue weighted by Gasteiger charge is 2.07. The van der Waals surface area contributed by atoms with E-state index < -0.39 is 6.04 Å². The summed E-state index contributed by atoms with van der Waals surface area (Å²) in [6.07, 6.45) is 2.18. The Morgan fingerprint density at radius 3 is 2.53 bits per heavy atom. The Bertz CT molecular complexity index is 339. The normalized spacial score (nSPS) is 11.9. The standard InChI is InChI=1S/C11H14NO3/c1-14-10-4-3-8(5-9(12)7-13)6-11(10)15-2/h3-4,6,9H,5,12H2,1-2H3/t9-/m1/s1. The second-order valence-corrected chi connectivity index (χ2v) is 3.12. The van der Waals surface area contributed by atoms with Crippen LogP contribution in [-0.2, 0) is 11.2 Å². The number of hydrogen-bond donors (Lipinski definition) is 1. The van der Waals surface area contributed by atoms with Gasteiger partial charge in [0.15, 0.2) is 11.5 Å². The van der Waals surface area contributed by atoms with E-state index in [1.807, 2.05) is 6.07 Å². The fourth-order valence-electron chi connectivity index (χ4n) is 1.30. The van der Waals surface area contributed by atoms with E-state index in [1.165, 1.54) is 0 Å². The summed E-state index contributed by atoms with van der Waals surface area (Å²) >= 11 is 0. The first-order valence-electron chi connectivity index (χ1n) is 4.55. The van der Waals surface area contributed by atoms with Crippen molar-refractivity contribution in [2.45, 2.75) is 12.5 Å². The Balaban J connectivity index is 2.87. The zero-order chi connectivity index (χ0) is 11.3. The summed E-state index contributed by atoms with van der Waals surface area (Å²) < 4.78 is 10.2. The van der Waals surface area contributed by atoms with Crippen molar-refractivity contribution in [3.8, 4) is 11.5 Å². The monoisotopic (exact) mass is 208 g/mol. The maximum atomic E-state index is 10.3. The summed E-state index contributed by atoms with van der Waals surface area (Å²) in [7, 11) is 3.13. The van der Waals surface area contributed by atoms with Crippen LogP contribution in [0.1, 0.15) is 5.56 Å². The predicted octanol–water partition coefficient (Wildman–Crippen LogP) is 0.683. The van der Waals surface area contributed by atoms with Crippen LogP contribution in [0, 0.1) is 0 Å². The number of methoxy groups -OCH3 is 2. The number of ether oxygens (including phenoxy) is 2. The summed E-state index contributed by atoms with van der Waals surface area (Å²) in [5.41, 5.74) is 6.39. The molecule has 0 aliphatic carbocycles. The quantitative estimate of drug-likeness (QED) is 0.773. The Morgan fingerprint density at radius 1 is 1.33 bits per heavy atom. The smallest absolute Gasteiger partial charge is 0.217 e. The maximum absolute atomic E-state index is 10.3. The Hall–Kier alpha value is -1.55. The number of hydrogen-bond acceptors (Lipinski definition) is 4. The Kier molecular flexibility index (Phi) is 4.12. The molecule has 1 rings (SSSR count). The van der Waals surface area contributed by atoms with Crippen LogP contribution in [0.4, 0.5) is 0 Å². The van der Waals surface area contributed by atoms with Crippen LogP contribution in [-0.4, -0.2) is 26.5 Å². The molecule has 0 bridgehead atoms. The van der Waals surface area contributed by atoms with Crippen molar-refractivity contribution in [3.05, 3.63) is 23.8 Å². The molecule has 0 spiro atoms. The molecule has 1 aromatic carbocycles. The van der Waals surface area contributed by atoms with E-state index >= 15 is 0 Å². The van der Waals surface area contributed by atoms with Crippen LogP contribution in [0.5, 0.6) is 11.5 Å². The van der Waals surface area contributed by atoms with Gasteiger partial charge >= 0.3 is 0 Å². The van der Waals surface area contributed by atoms with Crippen molar-refractivity contribution in [1.29, 1.82) is 0 Å². The van der Waals surface area contributed by atoms with Crippen molar-refractivity contribution in [2.75, 3.05) is 14.2 Å². The molecule has 0 aliphatic heterocycles. The molecule has 0 saturated heterocycles. The van der Waals surface area contributed by atoms with E-state index in [1.54, 1.807) is 32.6 Å². The first-order chi connectivity index (χ1) is 7.21. The molecule has 2 N–H and O–H groups in total. The molecule has 1 radical (unpaired) electrons. The second kappa shape index (κ2) is 5.36. The van der Waals surface area contributed by atoms with Gasteiger partial charge in [-0.3, -0.25) is 4.79 Å². The molecule has 4 heteroatoms. The number of carbonyl (C=O) groups excluding carboxylic acids is 1. The molecule has 1 aromatic rings. The van der Waals surface area contributed by atoms with Crippen LogP contribution in [0.2, 0.25) is 0 Å². The third kappa shape index (κ3) is 2.95. The van der Waals surface area contributed by atoms with Crippen molar-refractivity contribution >= 4 is 6.29 Å². The zero-order valence-corrected chi connectivity index (χ0v) is 8.82. The molecule has 0 aromatic heterocycles. The summed E-state index contributed by atoms with van der Waals surface area (Å²) in [4.78, 5) is 10.3. The van der Waals surface area contributed by atoms with Gasteiger partial charge in [-0.15, -0.1) is 0 Å². The van der Waals surface area contributed by atoms with Gasteiger partial charge in [-0.25, -0.2) is 0 Å². The molecule has 0 fully saturated rings. The lowest BCUT2D eigenvalue weighted by atomic mass is 10.1. The minimum absolute atomic E-state index is 0.448. The predicted molar refractivity (Wildman–Crippen MR) is 56.9 cm³/mol. The molecule has 0 amide bonds. The lowest BCUT2D eigenvalue weighted by molar-refractivity contribution is 0.354. The fraction of sp³-hybridized carbons (Fsp3) is 0.364. The van der Waals surface area contributed by atoms with Crippen LogP contribution < -0.4 is 15.2 Å². The summed E-state index contributed by atoms with van der Waals surface area (Å²) in [5, 5.41) is 0. The average Bonchev–Trinajstić information content (AvgIpc) is 2.28. The third-order valence-electron chi connectivity index (χ3n) is 2.05.